The molecule has 2 aromatic rings. The lowest BCUT2D eigenvalue weighted by Crippen LogP contribution is -2.23. The number of hydrogen-bond donors (Lipinski definition) is 1. The highest BCUT2D eigenvalue weighted by molar-refractivity contribution is 6.00. The summed E-state index contributed by atoms with van der Waals surface area (Å²) in [6.45, 7) is -0.0708. The van der Waals surface area contributed by atoms with Gasteiger partial charge in [0, 0.05) is 25.0 Å². The van der Waals surface area contributed by atoms with Crippen LogP contribution in [-0.4, -0.2) is 21.5 Å². The van der Waals surface area contributed by atoms with Gasteiger partial charge in [0.15, 0.2) is 5.78 Å². The summed E-state index contributed by atoms with van der Waals surface area (Å²) in [6.07, 6.45) is 3.27. The van der Waals surface area contributed by atoms with E-state index in [2.05, 4.69) is 0 Å². The molecule has 0 aliphatic rings. The van der Waals surface area contributed by atoms with E-state index in [4.69, 9.17) is 5.73 Å². The second-order valence-electron chi connectivity index (χ2n) is 3.71. The smallest absolute Gasteiger partial charge is 0.324 e. The second-order valence-corrected chi connectivity index (χ2v) is 3.71. The third-order valence-electron chi connectivity index (χ3n) is 2.60. The van der Waals surface area contributed by atoms with Crippen LogP contribution in [0.25, 0.3) is 5.69 Å². The summed E-state index contributed by atoms with van der Waals surface area (Å²) >= 11 is 0. The topological polar surface area (TPSA) is 70.0 Å². The lowest BCUT2D eigenvalue weighted by molar-refractivity contribution is 0.100. The maximum Gasteiger partial charge on any atom is 0.332 e. The van der Waals surface area contributed by atoms with Crippen LogP contribution in [0.4, 0.5) is 0 Å². The van der Waals surface area contributed by atoms with Crippen LogP contribution in [0.1, 0.15) is 10.4 Å². The minimum atomic E-state index is -0.192. The minimum Gasteiger partial charge on any atom is -0.324 e. The monoisotopic (exact) mass is 231 g/mol. The summed E-state index contributed by atoms with van der Waals surface area (Å²) in [5.41, 5.74) is 6.18. The first-order chi connectivity index (χ1) is 8.15. The Bertz CT molecular complexity index is 610. The SMILES string of the molecule is Cn1ccn(-c2ccccc2C(=O)CN)c1=O. The molecular formula is C12H13N3O2. The zero-order valence-electron chi connectivity index (χ0n) is 9.46. The van der Waals surface area contributed by atoms with Gasteiger partial charge in [0.05, 0.1) is 12.2 Å². The summed E-state index contributed by atoms with van der Waals surface area (Å²) in [5.74, 6) is -0.184. The molecule has 1 aromatic carbocycles. The maximum absolute atomic E-state index is 11.8. The number of aryl methyl sites for hydroxylation is 1. The number of hydrogen-bond acceptors (Lipinski definition) is 3. The van der Waals surface area contributed by atoms with Crippen molar-refractivity contribution in [2.24, 2.45) is 12.8 Å². The van der Waals surface area contributed by atoms with Crippen molar-refractivity contribution in [1.29, 1.82) is 0 Å². The van der Waals surface area contributed by atoms with Crippen molar-refractivity contribution in [1.82, 2.24) is 9.13 Å². The molecule has 0 unspecified atom stereocenters. The van der Waals surface area contributed by atoms with Crippen LogP contribution in [0.15, 0.2) is 41.5 Å². The number of carbonyl (C=O) groups is 1. The molecule has 1 heterocycles. The summed E-state index contributed by atoms with van der Waals surface area (Å²) in [7, 11) is 1.66. The van der Waals surface area contributed by atoms with Crippen LogP contribution in [0, 0.1) is 0 Å². The molecule has 88 valence electrons. The third-order valence-corrected chi connectivity index (χ3v) is 2.60. The molecule has 0 saturated heterocycles. The zero-order chi connectivity index (χ0) is 12.4. The average molecular weight is 231 g/mol. The molecule has 0 fully saturated rings. The fraction of sp³-hybridized carbons (Fsp3) is 0.167. The van der Waals surface area contributed by atoms with Gasteiger partial charge in [-0.05, 0) is 12.1 Å². The molecule has 0 radical (unpaired) electrons. The molecule has 0 atom stereocenters. The Hall–Kier alpha value is -2.14. The fourth-order valence-corrected chi connectivity index (χ4v) is 1.68. The number of rotatable bonds is 3. The number of imidazole rings is 1. The first-order valence-electron chi connectivity index (χ1n) is 5.22. The van der Waals surface area contributed by atoms with Crippen molar-refractivity contribution in [3.63, 3.8) is 0 Å². The molecule has 0 bridgehead atoms. The van der Waals surface area contributed by atoms with Crippen molar-refractivity contribution in [3.8, 4) is 5.69 Å². The van der Waals surface area contributed by atoms with E-state index in [0.29, 0.717) is 11.3 Å². The van der Waals surface area contributed by atoms with Crippen molar-refractivity contribution in [2.45, 2.75) is 0 Å². The van der Waals surface area contributed by atoms with Gasteiger partial charge in [-0.15, -0.1) is 0 Å². The summed E-state index contributed by atoms with van der Waals surface area (Å²) < 4.78 is 2.88. The molecule has 0 spiro atoms. The van der Waals surface area contributed by atoms with Gasteiger partial charge in [0.1, 0.15) is 0 Å². The highest BCUT2D eigenvalue weighted by Gasteiger charge is 2.12. The van der Waals surface area contributed by atoms with Crippen molar-refractivity contribution in [3.05, 3.63) is 52.7 Å². The number of nitrogens with two attached hydrogens (primary N) is 1. The minimum absolute atomic E-state index is 0.0708. The van der Waals surface area contributed by atoms with E-state index >= 15 is 0 Å². The number of ketones is 1. The number of carbonyl (C=O) groups excluding carboxylic acids is 1. The Morgan fingerprint density at radius 1 is 1.29 bits per heavy atom. The van der Waals surface area contributed by atoms with Crippen molar-refractivity contribution in [2.75, 3.05) is 6.54 Å². The average Bonchev–Trinajstić information content (AvgIpc) is 2.69. The molecule has 2 N–H and O–H groups in total. The summed E-state index contributed by atoms with van der Waals surface area (Å²) in [6, 6.07) is 6.93. The highest BCUT2D eigenvalue weighted by Crippen LogP contribution is 2.12. The van der Waals surface area contributed by atoms with Crippen molar-refractivity contribution < 1.29 is 4.79 Å². The number of aromatic nitrogens is 2. The predicted octanol–water partition coefficient (Wildman–Crippen LogP) is 0.317. The van der Waals surface area contributed by atoms with Gasteiger partial charge >= 0.3 is 5.69 Å². The number of Topliss-reactive ketones (excluding diaryl/α,β-unsaturated/α-hetero) is 1. The Morgan fingerprint density at radius 2 is 2.00 bits per heavy atom. The van der Waals surface area contributed by atoms with Crippen LogP contribution in [0.5, 0.6) is 0 Å². The van der Waals surface area contributed by atoms with E-state index in [1.807, 2.05) is 0 Å². The normalized spacial score (nSPS) is 10.5. The van der Waals surface area contributed by atoms with E-state index in [9.17, 15) is 9.59 Å². The Labute approximate surface area is 98.1 Å². The van der Waals surface area contributed by atoms with Crippen LogP contribution in [0.3, 0.4) is 0 Å². The first kappa shape index (κ1) is 11.3. The fourth-order valence-electron chi connectivity index (χ4n) is 1.68. The largest absolute Gasteiger partial charge is 0.332 e. The Balaban J connectivity index is 2.64. The van der Waals surface area contributed by atoms with E-state index in [0.717, 1.165) is 0 Å². The Morgan fingerprint density at radius 3 is 2.59 bits per heavy atom. The molecule has 5 nitrogen and oxygen atoms in total. The molecule has 0 aliphatic carbocycles. The standard InChI is InChI=1S/C12H13N3O2/c1-14-6-7-15(12(14)17)10-5-3-2-4-9(10)11(16)8-13/h2-7H,8,13H2,1H3. The Kier molecular flexibility index (Phi) is 2.93. The van der Waals surface area contributed by atoms with Crippen LogP contribution < -0.4 is 11.4 Å². The molecule has 5 heteroatoms. The van der Waals surface area contributed by atoms with Crippen LogP contribution >= 0.6 is 0 Å². The summed E-state index contributed by atoms with van der Waals surface area (Å²) in [5, 5.41) is 0. The van der Waals surface area contributed by atoms with E-state index < -0.39 is 0 Å². The van der Waals surface area contributed by atoms with Gasteiger partial charge in [-0.25, -0.2) is 4.79 Å². The predicted molar refractivity (Wildman–Crippen MR) is 64.4 cm³/mol. The van der Waals surface area contributed by atoms with E-state index in [-0.39, 0.29) is 18.0 Å². The van der Waals surface area contributed by atoms with E-state index in [1.165, 1.54) is 9.13 Å². The van der Waals surface area contributed by atoms with Gasteiger partial charge in [0.25, 0.3) is 0 Å². The second kappa shape index (κ2) is 4.39. The van der Waals surface area contributed by atoms with Crippen LogP contribution in [-0.2, 0) is 7.05 Å². The third kappa shape index (κ3) is 1.92. The number of para-hydroxylation sites is 1. The molecule has 17 heavy (non-hydrogen) atoms. The van der Waals surface area contributed by atoms with Crippen LogP contribution in [0.2, 0.25) is 0 Å². The van der Waals surface area contributed by atoms with Gasteiger partial charge in [-0.3, -0.25) is 9.36 Å². The summed E-state index contributed by atoms with van der Waals surface area (Å²) in [4.78, 5) is 23.5. The van der Waals surface area contributed by atoms with E-state index in [1.54, 1.807) is 43.7 Å². The molecule has 0 amide bonds. The van der Waals surface area contributed by atoms with Gasteiger partial charge in [0.2, 0.25) is 0 Å². The van der Waals surface area contributed by atoms with Gasteiger partial charge in [-0.2, -0.15) is 0 Å². The lowest BCUT2D eigenvalue weighted by atomic mass is 10.1. The molecule has 0 saturated carbocycles. The quantitative estimate of drug-likeness (QED) is 0.773. The molecule has 1 aromatic heterocycles. The molecule has 0 aliphatic heterocycles. The lowest BCUT2D eigenvalue weighted by Gasteiger charge is -2.07. The molecule has 2 rings (SSSR count). The first-order valence-corrected chi connectivity index (χ1v) is 5.22. The van der Waals surface area contributed by atoms with Gasteiger partial charge in [-0.1, -0.05) is 12.1 Å². The van der Waals surface area contributed by atoms with Crippen molar-refractivity contribution >= 4 is 5.78 Å². The van der Waals surface area contributed by atoms with Gasteiger partial charge < -0.3 is 10.3 Å². The zero-order valence-corrected chi connectivity index (χ0v) is 9.46. The number of nitrogens with zero attached hydrogens (tertiary/aromatic N) is 2. The molecular weight excluding hydrogens is 218 g/mol. The number of benzene rings is 1. The maximum atomic E-state index is 11.8. The highest BCUT2D eigenvalue weighted by atomic mass is 16.1.